The third-order valence-corrected chi connectivity index (χ3v) is 7.10. The molecule has 0 aliphatic carbocycles. The molecule has 0 radical (unpaired) electrons. The molecule has 8 nitrogen and oxygen atoms in total. The summed E-state index contributed by atoms with van der Waals surface area (Å²) < 4.78 is 22.7. The maximum absolute atomic E-state index is 9.86. The highest BCUT2D eigenvalue weighted by molar-refractivity contribution is 6.32. The number of rotatable bonds is 8. The van der Waals surface area contributed by atoms with Crippen LogP contribution in [0.5, 0.6) is 17.2 Å². The molecule has 9 heteroatoms. The molecule has 0 unspecified atom stereocenters. The van der Waals surface area contributed by atoms with Crippen molar-refractivity contribution in [3.63, 3.8) is 0 Å². The number of ether oxygens (including phenoxy) is 4. The van der Waals surface area contributed by atoms with Crippen molar-refractivity contribution in [1.29, 1.82) is 5.26 Å². The van der Waals surface area contributed by atoms with Gasteiger partial charge in [0.1, 0.15) is 18.4 Å². The Kier molecular flexibility index (Phi) is 7.70. The number of aromatic nitrogens is 1. The minimum Gasteiger partial charge on any atom is -0.495 e. The van der Waals surface area contributed by atoms with E-state index in [4.69, 9.17) is 30.5 Å². The van der Waals surface area contributed by atoms with E-state index in [0.717, 1.165) is 65.8 Å². The van der Waals surface area contributed by atoms with Gasteiger partial charge in [-0.25, -0.2) is 0 Å². The largest absolute Gasteiger partial charge is 0.495 e. The van der Waals surface area contributed by atoms with Crippen LogP contribution in [0.2, 0.25) is 5.02 Å². The molecule has 1 aliphatic rings. The molecule has 0 atom stereocenters. The molecule has 1 N–H and O–H groups in total. The SMILES string of the molecule is COc1cc(Nc2c(C#N)cnc3c2ccc2c(OC)c(OCCN4CCOCC4)ccc23)c(C)cc1Cl. The minimum atomic E-state index is 0.431. The number of nitrogens with zero attached hydrogens (tertiary/aromatic N) is 3. The number of halogens is 1. The zero-order valence-corrected chi connectivity index (χ0v) is 22.4. The van der Waals surface area contributed by atoms with Crippen molar-refractivity contribution in [2.24, 2.45) is 0 Å². The van der Waals surface area contributed by atoms with Crippen molar-refractivity contribution < 1.29 is 18.9 Å². The lowest BCUT2D eigenvalue weighted by Gasteiger charge is -2.26. The predicted octanol–water partition coefficient (Wildman–Crippen LogP) is 5.69. The minimum absolute atomic E-state index is 0.431. The lowest BCUT2D eigenvalue weighted by molar-refractivity contribution is 0.0321. The van der Waals surface area contributed by atoms with Gasteiger partial charge in [0.2, 0.25) is 0 Å². The number of nitrogens with one attached hydrogen (secondary N) is 1. The second-order valence-electron chi connectivity index (χ2n) is 9.04. The van der Waals surface area contributed by atoms with Crippen LogP contribution < -0.4 is 19.5 Å². The van der Waals surface area contributed by atoms with Crippen LogP contribution >= 0.6 is 11.6 Å². The number of morpholine rings is 1. The van der Waals surface area contributed by atoms with Crippen LogP contribution in [0.1, 0.15) is 11.1 Å². The number of methoxy groups -OCH3 is 2. The van der Waals surface area contributed by atoms with E-state index in [2.05, 4.69) is 21.3 Å². The fourth-order valence-corrected chi connectivity index (χ4v) is 5.05. The number of fused-ring (bicyclic) bond motifs is 3. The molecule has 3 aromatic carbocycles. The lowest BCUT2D eigenvalue weighted by atomic mass is 10.0. The van der Waals surface area contributed by atoms with E-state index < -0.39 is 0 Å². The molecule has 1 aromatic heterocycles. The van der Waals surface area contributed by atoms with E-state index in [9.17, 15) is 5.26 Å². The van der Waals surface area contributed by atoms with Gasteiger partial charge in [0.15, 0.2) is 11.5 Å². The molecular weight excluding hydrogens is 504 g/mol. The second kappa shape index (κ2) is 11.3. The second-order valence-corrected chi connectivity index (χ2v) is 9.45. The Morgan fingerprint density at radius 2 is 1.82 bits per heavy atom. The van der Waals surface area contributed by atoms with Crippen molar-refractivity contribution in [3.8, 4) is 23.3 Å². The van der Waals surface area contributed by atoms with Crippen molar-refractivity contribution in [1.82, 2.24) is 9.88 Å². The molecule has 0 saturated carbocycles. The number of hydrogen-bond donors (Lipinski definition) is 1. The van der Waals surface area contributed by atoms with Gasteiger partial charge in [-0.05, 0) is 42.8 Å². The highest BCUT2D eigenvalue weighted by atomic mass is 35.5. The van der Waals surface area contributed by atoms with Crippen molar-refractivity contribution in [2.75, 3.05) is 59.0 Å². The molecule has 1 saturated heterocycles. The van der Waals surface area contributed by atoms with E-state index in [1.54, 1.807) is 20.4 Å². The quantitative estimate of drug-likeness (QED) is 0.289. The Labute approximate surface area is 226 Å². The molecule has 0 amide bonds. The molecule has 38 heavy (non-hydrogen) atoms. The van der Waals surface area contributed by atoms with Crippen molar-refractivity contribution >= 4 is 44.7 Å². The first-order chi connectivity index (χ1) is 18.5. The average Bonchev–Trinajstić information content (AvgIpc) is 2.94. The first-order valence-electron chi connectivity index (χ1n) is 12.4. The summed E-state index contributed by atoms with van der Waals surface area (Å²) >= 11 is 6.29. The van der Waals surface area contributed by atoms with Crippen LogP contribution in [0.15, 0.2) is 42.6 Å². The average molecular weight is 533 g/mol. The van der Waals surface area contributed by atoms with Gasteiger partial charge < -0.3 is 24.3 Å². The van der Waals surface area contributed by atoms with E-state index in [1.807, 2.05) is 43.3 Å². The van der Waals surface area contributed by atoms with E-state index in [-0.39, 0.29) is 0 Å². The van der Waals surface area contributed by atoms with Gasteiger partial charge in [0, 0.05) is 53.7 Å². The van der Waals surface area contributed by atoms with E-state index in [0.29, 0.717) is 40.1 Å². The predicted molar refractivity (Wildman–Crippen MR) is 149 cm³/mol. The van der Waals surface area contributed by atoms with Gasteiger partial charge in [-0.1, -0.05) is 11.6 Å². The molecular formula is C29H29ClN4O4. The van der Waals surface area contributed by atoms with Crippen LogP contribution in [-0.2, 0) is 4.74 Å². The number of pyridine rings is 1. The van der Waals surface area contributed by atoms with Gasteiger partial charge in [0.05, 0.1) is 49.2 Å². The normalized spacial score (nSPS) is 13.9. The zero-order chi connectivity index (χ0) is 26.6. The highest BCUT2D eigenvalue weighted by Crippen LogP contribution is 2.41. The highest BCUT2D eigenvalue weighted by Gasteiger charge is 2.18. The molecule has 1 fully saturated rings. The third-order valence-electron chi connectivity index (χ3n) is 6.80. The summed E-state index contributed by atoms with van der Waals surface area (Å²) in [6.45, 7) is 6.67. The Bertz CT molecular complexity index is 1530. The number of aryl methyl sites for hydroxylation is 1. The smallest absolute Gasteiger partial charge is 0.168 e. The molecule has 0 spiro atoms. The fourth-order valence-electron chi connectivity index (χ4n) is 4.75. The fraction of sp³-hybridized carbons (Fsp3) is 0.310. The van der Waals surface area contributed by atoms with Crippen LogP contribution in [0.3, 0.4) is 0 Å². The summed E-state index contributed by atoms with van der Waals surface area (Å²) in [6, 6.07) is 13.8. The number of anilines is 2. The standard InChI is InChI=1S/C29H29ClN4O4/c1-18-14-23(30)26(35-2)15-24(18)33-27-19(16-31)17-32-28-20-6-7-25(29(36-3)21(20)4-5-22(27)28)38-13-10-34-8-11-37-12-9-34/h4-7,14-15,17H,8-13H2,1-3H3,(H,32,33). The Morgan fingerprint density at radius 1 is 1.05 bits per heavy atom. The van der Waals surface area contributed by atoms with Crippen LogP contribution in [-0.4, -0.2) is 63.6 Å². The van der Waals surface area contributed by atoms with Crippen molar-refractivity contribution in [3.05, 3.63) is 58.7 Å². The van der Waals surface area contributed by atoms with Crippen LogP contribution in [0.25, 0.3) is 21.7 Å². The van der Waals surface area contributed by atoms with Gasteiger partial charge in [-0.3, -0.25) is 9.88 Å². The molecule has 5 rings (SSSR count). The molecule has 2 heterocycles. The topological polar surface area (TPSA) is 88.9 Å². The van der Waals surface area contributed by atoms with Gasteiger partial charge in [-0.2, -0.15) is 5.26 Å². The van der Waals surface area contributed by atoms with Crippen LogP contribution in [0.4, 0.5) is 11.4 Å². The maximum Gasteiger partial charge on any atom is 0.168 e. The molecule has 196 valence electrons. The van der Waals surface area contributed by atoms with Gasteiger partial charge >= 0.3 is 0 Å². The molecule has 1 aliphatic heterocycles. The summed E-state index contributed by atoms with van der Waals surface area (Å²) in [5.41, 5.74) is 3.56. The zero-order valence-electron chi connectivity index (χ0n) is 21.6. The third kappa shape index (κ3) is 5.01. The first-order valence-corrected chi connectivity index (χ1v) is 12.8. The summed E-state index contributed by atoms with van der Waals surface area (Å²) in [5.74, 6) is 1.89. The summed E-state index contributed by atoms with van der Waals surface area (Å²) in [7, 11) is 3.21. The van der Waals surface area contributed by atoms with Gasteiger partial charge in [-0.15, -0.1) is 0 Å². The summed E-state index contributed by atoms with van der Waals surface area (Å²) in [6.07, 6.45) is 1.59. The summed E-state index contributed by atoms with van der Waals surface area (Å²) in [4.78, 5) is 6.99. The lowest BCUT2D eigenvalue weighted by Crippen LogP contribution is -2.38. The Hall–Kier alpha value is -3.77. The van der Waals surface area contributed by atoms with E-state index in [1.165, 1.54) is 0 Å². The number of hydrogen-bond acceptors (Lipinski definition) is 8. The molecule has 0 bridgehead atoms. The maximum atomic E-state index is 9.86. The van der Waals surface area contributed by atoms with Crippen LogP contribution in [0, 0.1) is 18.3 Å². The number of benzene rings is 3. The van der Waals surface area contributed by atoms with Crippen molar-refractivity contribution in [2.45, 2.75) is 6.92 Å². The first kappa shape index (κ1) is 25.9. The van der Waals surface area contributed by atoms with Gasteiger partial charge in [0.25, 0.3) is 0 Å². The Morgan fingerprint density at radius 3 is 2.55 bits per heavy atom. The Balaban J connectivity index is 1.52. The van der Waals surface area contributed by atoms with E-state index >= 15 is 0 Å². The monoisotopic (exact) mass is 532 g/mol. The summed E-state index contributed by atoms with van der Waals surface area (Å²) in [5, 5.41) is 16.4. The molecule has 4 aromatic rings. The number of nitriles is 1.